The Hall–Kier alpha value is -2.73. The molecule has 2 aromatic carbocycles. The monoisotopic (exact) mass is 495 g/mol. The Balaban J connectivity index is 1.42. The molecule has 1 aliphatic rings. The highest BCUT2D eigenvalue weighted by atomic mass is 19.2. The first kappa shape index (κ1) is 24.9. The van der Waals surface area contributed by atoms with Crippen molar-refractivity contribution in [3.63, 3.8) is 0 Å². The van der Waals surface area contributed by atoms with Gasteiger partial charge in [-0.1, -0.05) is 33.1 Å². The maximum Gasteiger partial charge on any atom is 0.125 e. The van der Waals surface area contributed by atoms with E-state index in [2.05, 4.69) is 35.4 Å². The highest BCUT2D eigenvalue weighted by Crippen LogP contribution is 2.30. The number of unbranched alkanes of at least 4 members (excludes halogenated alkanes) is 1. The lowest BCUT2D eigenvalue weighted by Crippen LogP contribution is -2.23. The molecule has 5 rings (SSSR count). The summed E-state index contributed by atoms with van der Waals surface area (Å²) in [6, 6.07) is 9.78. The van der Waals surface area contributed by atoms with E-state index in [9.17, 15) is 13.3 Å². The molecule has 2 atom stereocenters. The first-order valence-corrected chi connectivity index (χ1v) is 13.4. The Morgan fingerprint density at radius 2 is 1.53 bits per heavy atom. The molecule has 0 spiro atoms. The molecule has 0 amide bonds. The Morgan fingerprint density at radius 3 is 2.11 bits per heavy atom. The van der Waals surface area contributed by atoms with E-state index in [4.69, 9.17) is 0 Å². The van der Waals surface area contributed by atoms with E-state index in [1.54, 1.807) is 18.2 Å². The van der Waals surface area contributed by atoms with Gasteiger partial charge in [-0.05, 0) is 79.1 Å². The molecule has 3 heterocycles. The van der Waals surface area contributed by atoms with Crippen molar-refractivity contribution < 1.29 is 13.3 Å². The van der Waals surface area contributed by atoms with Crippen LogP contribution in [0, 0.1) is 17.6 Å². The average Bonchev–Trinajstić information content (AvgIpc) is 3.52. The number of nitrogens with zero attached hydrogens (tertiary/aromatic N) is 3. The number of benzene rings is 2. The van der Waals surface area contributed by atoms with E-state index < -0.39 is 0 Å². The van der Waals surface area contributed by atoms with Crippen molar-refractivity contribution in [2.45, 2.75) is 77.9 Å². The SMILES string of the molecule is CCCCC(C)Cc1cn(CCn2cc(CC3CCCN3F)c3ccc(F)cc32)c2cc(F)ccc12. The van der Waals surface area contributed by atoms with Crippen molar-refractivity contribution in [1.29, 1.82) is 0 Å². The summed E-state index contributed by atoms with van der Waals surface area (Å²) in [6.07, 6.45) is 11.1. The van der Waals surface area contributed by atoms with Gasteiger partial charge < -0.3 is 9.13 Å². The van der Waals surface area contributed by atoms with E-state index in [0.29, 0.717) is 32.0 Å². The molecule has 192 valence electrons. The van der Waals surface area contributed by atoms with Gasteiger partial charge in [-0.3, -0.25) is 0 Å². The van der Waals surface area contributed by atoms with Crippen molar-refractivity contribution in [2.24, 2.45) is 5.92 Å². The van der Waals surface area contributed by atoms with Gasteiger partial charge in [0.05, 0.1) is 11.0 Å². The predicted molar refractivity (Wildman–Crippen MR) is 141 cm³/mol. The minimum atomic E-state index is -0.279. The van der Waals surface area contributed by atoms with Crippen LogP contribution in [0.15, 0.2) is 48.8 Å². The molecular formula is C30H36F3N3. The zero-order valence-corrected chi connectivity index (χ0v) is 21.3. The molecule has 4 aromatic rings. The summed E-state index contributed by atoms with van der Waals surface area (Å²) >= 11 is 0. The van der Waals surface area contributed by atoms with Crippen molar-refractivity contribution >= 4 is 21.8 Å². The first-order valence-electron chi connectivity index (χ1n) is 13.4. The molecule has 36 heavy (non-hydrogen) atoms. The van der Waals surface area contributed by atoms with Gasteiger partial charge in [0.25, 0.3) is 0 Å². The summed E-state index contributed by atoms with van der Waals surface area (Å²) in [5, 5.41) is 3.02. The number of fused-ring (bicyclic) bond motifs is 2. The number of rotatable bonds is 10. The zero-order chi connectivity index (χ0) is 25.2. The molecule has 1 saturated heterocycles. The second kappa shape index (κ2) is 10.7. The molecular weight excluding hydrogens is 459 g/mol. The van der Waals surface area contributed by atoms with Crippen LogP contribution in [0.3, 0.4) is 0 Å². The van der Waals surface area contributed by atoms with Gasteiger partial charge >= 0.3 is 0 Å². The number of hydrogen-bond donors (Lipinski definition) is 0. The average molecular weight is 496 g/mol. The Kier molecular flexibility index (Phi) is 7.42. The summed E-state index contributed by atoms with van der Waals surface area (Å²) in [4.78, 5) is 0. The Morgan fingerprint density at radius 1 is 0.917 bits per heavy atom. The fourth-order valence-electron chi connectivity index (χ4n) is 5.88. The van der Waals surface area contributed by atoms with Crippen LogP contribution in [-0.2, 0) is 25.9 Å². The largest absolute Gasteiger partial charge is 0.345 e. The Labute approximate surface area is 211 Å². The van der Waals surface area contributed by atoms with Crippen LogP contribution in [0.1, 0.15) is 57.1 Å². The van der Waals surface area contributed by atoms with Gasteiger partial charge in [-0.25, -0.2) is 8.78 Å². The maximum absolute atomic E-state index is 14.2. The highest BCUT2D eigenvalue weighted by Gasteiger charge is 2.26. The predicted octanol–water partition coefficient (Wildman–Crippen LogP) is 7.83. The lowest BCUT2D eigenvalue weighted by atomic mass is 9.96. The van der Waals surface area contributed by atoms with Gasteiger partial charge in [-0.2, -0.15) is 0 Å². The number of hydrogen-bond acceptors (Lipinski definition) is 1. The molecule has 2 unspecified atom stereocenters. The third-order valence-corrected chi connectivity index (χ3v) is 7.82. The van der Waals surface area contributed by atoms with Gasteiger partial charge in [0, 0.05) is 48.8 Å². The van der Waals surface area contributed by atoms with Gasteiger partial charge in [0.2, 0.25) is 0 Å². The van der Waals surface area contributed by atoms with Crippen LogP contribution in [0.4, 0.5) is 13.3 Å². The van der Waals surface area contributed by atoms with Crippen LogP contribution in [0.5, 0.6) is 0 Å². The lowest BCUT2D eigenvalue weighted by molar-refractivity contribution is 0.0115. The smallest absolute Gasteiger partial charge is 0.125 e. The van der Waals surface area contributed by atoms with Crippen LogP contribution < -0.4 is 0 Å². The molecule has 0 aliphatic carbocycles. The van der Waals surface area contributed by atoms with Crippen LogP contribution in [0.25, 0.3) is 21.8 Å². The molecule has 6 heteroatoms. The summed E-state index contributed by atoms with van der Waals surface area (Å²) in [6.45, 7) is 6.24. The van der Waals surface area contributed by atoms with E-state index >= 15 is 0 Å². The van der Waals surface area contributed by atoms with E-state index in [0.717, 1.165) is 51.8 Å². The van der Waals surface area contributed by atoms with Crippen LogP contribution in [-0.4, -0.2) is 26.8 Å². The third-order valence-electron chi connectivity index (χ3n) is 7.82. The number of aromatic nitrogens is 2. The maximum atomic E-state index is 14.2. The molecule has 1 aliphatic heterocycles. The summed E-state index contributed by atoms with van der Waals surface area (Å²) in [5.74, 6) is 0.0485. The topological polar surface area (TPSA) is 13.1 Å². The summed E-state index contributed by atoms with van der Waals surface area (Å²) < 4.78 is 46.8. The first-order chi connectivity index (χ1) is 17.4. The Bertz CT molecular complexity index is 1340. The summed E-state index contributed by atoms with van der Waals surface area (Å²) in [7, 11) is 0. The van der Waals surface area contributed by atoms with E-state index in [1.807, 2.05) is 12.1 Å². The second-order valence-electron chi connectivity index (χ2n) is 10.6. The third kappa shape index (κ3) is 5.19. The molecule has 0 saturated carbocycles. The fourth-order valence-corrected chi connectivity index (χ4v) is 5.88. The number of aryl methyl sites for hydroxylation is 2. The lowest BCUT2D eigenvalue weighted by Gasteiger charge is -2.14. The molecule has 0 bridgehead atoms. The number of halogens is 3. The standard InChI is InChI=1S/C30H36F3N3/c1-3-4-6-21(2)15-22-19-34(29-17-24(31)8-10-27(22)29)13-14-35-20-23(16-26-7-5-12-36(26)33)28-11-9-25(32)18-30(28)35/h8-11,17-21,26H,3-7,12-16H2,1-2H3. The van der Waals surface area contributed by atoms with Crippen molar-refractivity contribution in [1.82, 2.24) is 14.3 Å². The van der Waals surface area contributed by atoms with E-state index in [1.165, 1.54) is 30.9 Å². The molecule has 3 nitrogen and oxygen atoms in total. The van der Waals surface area contributed by atoms with Gasteiger partial charge in [-0.15, -0.1) is 9.60 Å². The van der Waals surface area contributed by atoms with Crippen molar-refractivity contribution in [3.8, 4) is 0 Å². The summed E-state index contributed by atoms with van der Waals surface area (Å²) in [5.41, 5.74) is 4.02. The van der Waals surface area contributed by atoms with Crippen molar-refractivity contribution in [3.05, 3.63) is 71.6 Å². The van der Waals surface area contributed by atoms with Crippen molar-refractivity contribution in [2.75, 3.05) is 6.54 Å². The van der Waals surface area contributed by atoms with Crippen LogP contribution in [0.2, 0.25) is 0 Å². The second-order valence-corrected chi connectivity index (χ2v) is 10.6. The molecule has 0 N–H and O–H groups in total. The normalized spacial score (nSPS) is 17.5. The van der Waals surface area contributed by atoms with Crippen LogP contribution >= 0.6 is 0 Å². The minimum absolute atomic E-state index is 0.122. The molecule has 0 radical (unpaired) electrons. The van der Waals surface area contributed by atoms with E-state index in [-0.39, 0.29) is 17.7 Å². The zero-order valence-electron chi connectivity index (χ0n) is 21.3. The molecule has 2 aromatic heterocycles. The minimum Gasteiger partial charge on any atom is -0.345 e. The highest BCUT2D eigenvalue weighted by molar-refractivity contribution is 5.85. The fraction of sp³-hybridized carbons (Fsp3) is 0.467. The molecule has 1 fully saturated rings. The van der Waals surface area contributed by atoms with Gasteiger partial charge in [0.15, 0.2) is 0 Å². The van der Waals surface area contributed by atoms with Gasteiger partial charge in [0.1, 0.15) is 11.6 Å². The quantitative estimate of drug-likeness (QED) is 0.204.